The number of fused-ring (bicyclic) bond motifs is 3. The summed E-state index contributed by atoms with van der Waals surface area (Å²) in [5.41, 5.74) is 3.14. The van der Waals surface area contributed by atoms with Gasteiger partial charge in [0.05, 0.1) is 11.0 Å². The molecule has 0 radical (unpaired) electrons. The molecule has 4 heterocycles. The summed E-state index contributed by atoms with van der Waals surface area (Å²) in [6.07, 6.45) is 7.02. The molecule has 158 valence electrons. The third-order valence-corrected chi connectivity index (χ3v) is 5.35. The molecule has 6 heteroatoms. The molecule has 0 atom stereocenters. The van der Waals surface area contributed by atoms with Crippen molar-refractivity contribution in [1.29, 1.82) is 0 Å². The maximum Gasteiger partial charge on any atom is 0.219 e. The molecule has 0 bridgehead atoms. The summed E-state index contributed by atoms with van der Waals surface area (Å²) in [5, 5.41) is 2.09. The fourth-order valence-electron chi connectivity index (χ4n) is 3.94. The van der Waals surface area contributed by atoms with Crippen molar-refractivity contribution in [1.82, 2.24) is 19.5 Å². The van der Waals surface area contributed by atoms with Crippen molar-refractivity contribution in [3.05, 3.63) is 110 Å². The molecule has 0 aliphatic rings. The number of aromatic nitrogens is 4. The second-order valence-corrected chi connectivity index (χ2v) is 7.44. The van der Waals surface area contributed by atoms with Gasteiger partial charge in [0.2, 0.25) is 11.8 Å². The van der Waals surface area contributed by atoms with Crippen LogP contribution in [-0.4, -0.2) is 19.5 Å². The quantitative estimate of drug-likeness (QED) is 0.310. The molecule has 0 saturated heterocycles. The molecule has 6 nitrogen and oxygen atoms in total. The summed E-state index contributed by atoms with van der Waals surface area (Å²) in [5.74, 6) is 2.53. The lowest BCUT2D eigenvalue weighted by atomic mass is 10.1. The van der Waals surface area contributed by atoms with Crippen molar-refractivity contribution in [3.8, 4) is 28.9 Å². The number of hydrogen-bond acceptors (Lipinski definition) is 5. The number of rotatable bonds is 5. The third-order valence-electron chi connectivity index (χ3n) is 5.35. The van der Waals surface area contributed by atoms with E-state index < -0.39 is 0 Å². The summed E-state index contributed by atoms with van der Waals surface area (Å²) in [6.45, 7) is 0. The van der Waals surface area contributed by atoms with Gasteiger partial charge in [-0.2, -0.15) is 0 Å². The van der Waals surface area contributed by atoms with Gasteiger partial charge in [-0.05, 0) is 60.7 Å². The molecular weight excluding hydrogens is 412 g/mol. The molecule has 0 aliphatic carbocycles. The van der Waals surface area contributed by atoms with Crippen LogP contribution in [0.5, 0.6) is 23.3 Å². The zero-order valence-electron chi connectivity index (χ0n) is 17.5. The van der Waals surface area contributed by atoms with E-state index in [-0.39, 0.29) is 0 Å². The van der Waals surface area contributed by atoms with Crippen LogP contribution in [0.4, 0.5) is 0 Å². The van der Waals surface area contributed by atoms with E-state index in [2.05, 4.69) is 31.7 Å². The lowest BCUT2D eigenvalue weighted by Crippen LogP contribution is -1.94. The van der Waals surface area contributed by atoms with Gasteiger partial charge in [0.15, 0.2) is 0 Å². The molecule has 0 spiro atoms. The maximum atomic E-state index is 6.00. The molecule has 4 aromatic heterocycles. The summed E-state index contributed by atoms with van der Waals surface area (Å²) >= 11 is 0. The van der Waals surface area contributed by atoms with Crippen molar-refractivity contribution >= 4 is 21.8 Å². The summed E-state index contributed by atoms with van der Waals surface area (Å²) in [4.78, 5) is 12.7. The number of pyridine rings is 3. The van der Waals surface area contributed by atoms with Crippen molar-refractivity contribution in [2.24, 2.45) is 0 Å². The molecule has 0 amide bonds. The van der Waals surface area contributed by atoms with Gasteiger partial charge in [0.25, 0.3) is 0 Å². The van der Waals surface area contributed by atoms with E-state index >= 15 is 0 Å². The Kier molecular flexibility index (Phi) is 4.66. The van der Waals surface area contributed by atoms with E-state index in [1.165, 1.54) is 0 Å². The average molecular weight is 430 g/mol. The Balaban J connectivity index is 1.53. The average Bonchev–Trinajstić information content (AvgIpc) is 3.19. The fraction of sp³-hybridized carbons (Fsp3) is 0. The second kappa shape index (κ2) is 8.09. The Hall–Kier alpha value is -4.71. The SMILES string of the molecule is c1ccc(Oc2ccc3c(c2)c2cc(Oc4ccccn4)ccc2n3-c2ccncc2)nc1. The smallest absolute Gasteiger partial charge is 0.219 e. The van der Waals surface area contributed by atoms with Gasteiger partial charge >= 0.3 is 0 Å². The van der Waals surface area contributed by atoms with E-state index in [4.69, 9.17) is 9.47 Å². The zero-order chi connectivity index (χ0) is 22.0. The van der Waals surface area contributed by atoms with Crippen molar-refractivity contribution < 1.29 is 9.47 Å². The van der Waals surface area contributed by atoms with Gasteiger partial charge in [0, 0.05) is 53.4 Å². The van der Waals surface area contributed by atoms with Gasteiger partial charge in [-0.3, -0.25) is 4.98 Å². The highest BCUT2D eigenvalue weighted by molar-refractivity contribution is 6.10. The molecule has 2 aromatic carbocycles. The van der Waals surface area contributed by atoms with Crippen LogP contribution in [0.25, 0.3) is 27.5 Å². The molecule has 6 rings (SSSR count). The lowest BCUT2D eigenvalue weighted by Gasteiger charge is -2.08. The van der Waals surface area contributed by atoms with E-state index in [1.54, 1.807) is 24.8 Å². The fourth-order valence-corrected chi connectivity index (χ4v) is 3.94. The van der Waals surface area contributed by atoms with Crippen LogP contribution < -0.4 is 9.47 Å². The molecule has 0 aliphatic heterocycles. The van der Waals surface area contributed by atoms with Gasteiger partial charge in [0.1, 0.15) is 11.5 Å². The monoisotopic (exact) mass is 430 g/mol. The summed E-state index contributed by atoms with van der Waals surface area (Å²) in [6, 6.07) is 27.3. The number of benzene rings is 2. The van der Waals surface area contributed by atoms with Crippen LogP contribution in [-0.2, 0) is 0 Å². The van der Waals surface area contributed by atoms with E-state index in [9.17, 15) is 0 Å². The molecule has 33 heavy (non-hydrogen) atoms. The Morgan fingerprint density at radius 2 is 1.09 bits per heavy atom. The molecule has 6 aromatic rings. The van der Waals surface area contributed by atoms with Crippen LogP contribution >= 0.6 is 0 Å². The van der Waals surface area contributed by atoms with Crippen molar-refractivity contribution in [3.63, 3.8) is 0 Å². The molecule has 0 N–H and O–H groups in total. The van der Waals surface area contributed by atoms with Gasteiger partial charge in [-0.25, -0.2) is 9.97 Å². The third kappa shape index (κ3) is 3.64. The minimum absolute atomic E-state index is 0.550. The largest absolute Gasteiger partial charge is 0.439 e. The van der Waals surface area contributed by atoms with Crippen LogP contribution in [0.2, 0.25) is 0 Å². The van der Waals surface area contributed by atoms with Crippen molar-refractivity contribution in [2.75, 3.05) is 0 Å². The van der Waals surface area contributed by atoms with E-state index in [1.807, 2.05) is 72.8 Å². The molecule has 0 fully saturated rings. The van der Waals surface area contributed by atoms with Crippen molar-refractivity contribution in [2.45, 2.75) is 0 Å². The Morgan fingerprint density at radius 3 is 1.58 bits per heavy atom. The standard InChI is InChI=1S/C27H18N4O2/c1-3-13-29-26(5-1)32-20-7-9-24-22(17-20)23-18-21(33-27-6-2-4-14-30-27)8-10-25(23)31(24)19-11-15-28-16-12-19/h1-18H. The summed E-state index contributed by atoms with van der Waals surface area (Å²) < 4.78 is 14.2. The number of ether oxygens (including phenoxy) is 2. The lowest BCUT2D eigenvalue weighted by molar-refractivity contribution is 0.463. The Morgan fingerprint density at radius 1 is 0.545 bits per heavy atom. The highest BCUT2D eigenvalue weighted by Crippen LogP contribution is 2.37. The van der Waals surface area contributed by atoms with Crippen LogP contribution in [0.15, 0.2) is 110 Å². The topological polar surface area (TPSA) is 62.1 Å². The second-order valence-electron chi connectivity index (χ2n) is 7.44. The normalized spacial score (nSPS) is 11.0. The predicted molar refractivity (Wildman–Crippen MR) is 127 cm³/mol. The van der Waals surface area contributed by atoms with Gasteiger partial charge < -0.3 is 14.0 Å². The van der Waals surface area contributed by atoms with Crippen LogP contribution in [0.3, 0.4) is 0 Å². The highest BCUT2D eigenvalue weighted by Gasteiger charge is 2.15. The summed E-state index contributed by atoms with van der Waals surface area (Å²) in [7, 11) is 0. The first kappa shape index (κ1) is 19.0. The van der Waals surface area contributed by atoms with Crippen LogP contribution in [0.1, 0.15) is 0 Å². The number of nitrogens with zero attached hydrogens (tertiary/aromatic N) is 4. The molecule has 0 saturated carbocycles. The Bertz CT molecular complexity index is 1450. The maximum absolute atomic E-state index is 6.00. The predicted octanol–water partition coefficient (Wildman–Crippen LogP) is 6.55. The first-order valence-corrected chi connectivity index (χ1v) is 10.5. The molecular formula is C27H18N4O2. The van der Waals surface area contributed by atoms with E-state index in [0.717, 1.165) is 27.5 Å². The zero-order valence-corrected chi connectivity index (χ0v) is 17.5. The number of hydrogen-bond donors (Lipinski definition) is 0. The minimum atomic E-state index is 0.550. The van der Waals surface area contributed by atoms with Gasteiger partial charge in [-0.15, -0.1) is 0 Å². The first-order chi connectivity index (χ1) is 16.3. The van der Waals surface area contributed by atoms with Gasteiger partial charge in [-0.1, -0.05) is 12.1 Å². The Labute approximate surface area is 189 Å². The highest BCUT2D eigenvalue weighted by atomic mass is 16.5. The van der Waals surface area contributed by atoms with E-state index in [0.29, 0.717) is 23.3 Å². The molecule has 0 unspecified atom stereocenters. The first-order valence-electron chi connectivity index (χ1n) is 10.5. The van der Waals surface area contributed by atoms with Crippen LogP contribution in [0, 0.1) is 0 Å². The minimum Gasteiger partial charge on any atom is -0.439 e.